The smallest absolute Gasteiger partial charge is 0.411 e. The first-order valence-electron chi connectivity index (χ1n) is 10.2. The Balaban J connectivity index is 3.06. The lowest BCUT2D eigenvalue weighted by Crippen LogP contribution is -2.54. The SMILES string of the molecule is CC(C)C[C@H](NC(=O)[C@@H]1CC[C@H](N=[N+]=[N-])N1C(=O)OC(C)(C)C)C(=O)OC(C)(C)C. The Labute approximate surface area is 178 Å². The fraction of sp³-hybridized carbons (Fsp3) is 0.850. The van der Waals surface area contributed by atoms with Gasteiger partial charge in [0.1, 0.15) is 29.5 Å². The second kappa shape index (κ2) is 10.0. The van der Waals surface area contributed by atoms with Gasteiger partial charge in [0.05, 0.1) is 0 Å². The van der Waals surface area contributed by atoms with E-state index in [0.29, 0.717) is 12.8 Å². The van der Waals surface area contributed by atoms with Gasteiger partial charge in [0, 0.05) is 4.91 Å². The topological polar surface area (TPSA) is 134 Å². The molecule has 1 rings (SSSR count). The minimum Gasteiger partial charge on any atom is -0.458 e. The van der Waals surface area contributed by atoms with Crippen LogP contribution in [0.15, 0.2) is 5.11 Å². The van der Waals surface area contributed by atoms with Gasteiger partial charge >= 0.3 is 12.1 Å². The Bertz CT molecular complexity index is 689. The summed E-state index contributed by atoms with van der Waals surface area (Å²) in [4.78, 5) is 42.3. The molecule has 170 valence electrons. The van der Waals surface area contributed by atoms with Crippen LogP contribution in [0.3, 0.4) is 0 Å². The molecule has 0 aromatic heterocycles. The van der Waals surface area contributed by atoms with Crippen molar-refractivity contribution < 1.29 is 23.9 Å². The Morgan fingerprint density at radius 2 is 1.67 bits per heavy atom. The molecule has 0 aliphatic carbocycles. The molecule has 10 nitrogen and oxygen atoms in total. The summed E-state index contributed by atoms with van der Waals surface area (Å²) in [7, 11) is 0. The van der Waals surface area contributed by atoms with Crippen molar-refractivity contribution in [3.63, 3.8) is 0 Å². The molecule has 10 heteroatoms. The molecule has 1 saturated heterocycles. The maximum atomic E-state index is 13.0. The van der Waals surface area contributed by atoms with E-state index in [1.807, 2.05) is 13.8 Å². The first-order valence-corrected chi connectivity index (χ1v) is 10.2. The van der Waals surface area contributed by atoms with E-state index in [0.717, 1.165) is 4.90 Å². The highest BCUT2D eigenvalue weighted by atomic mass is 16.6. The van der Waals surface area contributed by atoms with E-state index in [-0.39, 0.29) is 12.3 Å². The van der Waals surface area contributed by atoms with Gasteiger partial charge in [-0.3, -0.25) is 9.69 Å². The molecular formula is C20H35N5O5. The number of hydrogen-bond donors (Lipinski definition) is 1. The minimum atomic E-state index is -0.910. The maximum absolute atomic E-state index is 13.0. The molecule has 1 fully saturated rings. The first-order chi connectivity index (χ1) is 13.6. The van der Waals surface area contributed by atoms with E-state index in [2.05, 4.69) is 15.3 Å². The fourth-order valence-corrected chi connectivity index (χ4v) is 3.11. The third-order valence-corrected chi connectivity index (χ3v) is 4.16. The Morgan fingerprint density at radius 3 is 2.13 bits per heavy atom. The van der Waals surface area contributed by atoms with Crippen molar-refractivity contribution >= 4 is 18.0 Å². The number of rotatable bonds is 6. The van der Waals surface area contributed by atoms with Crippen LogP contribution in [0, 0.1) is 5.92 Å². The predicted molar refractivity (Wildman–Crippen MR) is 111 cm³/mol. The maximum Gasteiger partial charge on any atom is 0.411 e. The summed E-state index contributed by atoms with van der Waals surface area (Å²) in [6.07, 6.45) is -0.569. The van der Waals surface area contributed by atoms with Crippen LogP contribution < -0.4 is 5.32 Å². The molecule has 0 bridgehead atoms. The van der Waals surface area contributed by atoms with Crippen LogP contribution in [-0.4, -0.2) is 52.3 Å². The molecule has 0 radical (unpaired) electrons. The number of nitrogens with one attached hydrogen (secondary N) is 1. The average Bonchev–Trinajstić information content (AvgIpc) is 2.94. The van der Waals surface area contributed by atoms with Crippen molar-refractivity contribution in [1.29, 1.82) is 0 Å². The van der Waals surface area contributed by atoms with Gasteiger partial charge in [-0.1, -0.05) is 19.0 Å². The number of ether oxygens (including phenoxy) is 2. The van der Waals surface area contributed by atoms with Crippen LogP contribution in [-0.2, 0) is 19.1 Å². The first kappa shape index (κ1) is 25.6. The molecule has 30 heavy (non-hydrogen) atoms. The summed E-state index contributed by atoms with van der Waals surface area (Å²) < 4.78 is 10.8. The third kappa shape index (κ3) is 8.10. The summed E-state index contributed by atoms with van der Waals surface area (Å²) >= 11 is 0. The van der Waals surface area contributed by atoms with Crippen molar-refractivity contribution in [3.05, 3.63) is 10.4 Å². The van der Waals surface area contributed by atoms with E-state index in [1.165, 1.54) is 0 Å². The van der Waals surface area contributed by atoms with E-state index < -0.39 is 47.4 Å². The number of carbonyl (C=O) groups is 3. The lowest BCUT2D eigenvalue weighted by atomic mass is 10.0. The van der Waals surface area contributed by atoms with Crippen molar-refractivity contribution in [2.45, 2.75) is 104 Å². The van der Waals surface area contributed by atoms with Gasteiger partial charge in [-0.15, -0.1) is 0 Å². The van der Waals surface area contributed by atoms with Gasteiger partial charge in [0.15, 0.2) is 0 Å². The number of carbonyl (C=O) groups excluding carboxylic acids is 3. The highest BCUT2D eigenvalue weighted by Crippen LogP contribution is 2.28. The van der Waals surface area contributed by atoms with Crippen LogP contribution in [0.5, 0.6) is 0 Å². The molecule has 0 aromatic carbocycles. The number of likely N-dealkylation sites (tertiary alicyclic amines) is 1. The van der Waals surface area contributed by atoms with Crippen LogP contribution >= 0.6 is 0 Å². The van der Waals surface area contributed by atoms with E-state index in [1.54, 1.807) is 41.5 Å². The molecule has 3 atom stereocenters. The molecule has 0 aromatic rings. The fourth-order valence-electron chi connectivity index (χ4n) is 3.11. The Kier molecular flexibility index (Phi) is 8.53. The Morgan fingerprint density at radius 1 is 1.10 bits per heavy atom. The van der Waals surface area contributed by atoms with Gasteiger partial charge < -0.3 is 14.8 Å². The predicted octanol–water partition coefficient (Wildman–Crippen LogP) is 3.89. The van der Waals surface area contributed by atoms with Crippen molar-refractivity contribution in [3.8, 4) is 0 Å². The number of nitrogens with zero attached hydrogens (tertiary/aromatic N) is 4. The second-order valence-corrected chi connectivity index (χ2v) is 9.89. The van der Waals surface area contributed by atoms with Gasteiger partial charge in [-0.2, -0.15) is 0 Å². The molecule has 0 spiro atoms. The molecule has 0 saturated carbocycles. The van der Waals surface area contributed by atoms with E-state index in [4.69, 9.17) is 15.0 Å². The summed E-state index contributed by atoms with van der Waals surface area (Å²) in [5.41, 5.74) is 7.35. The summed E-state index contributed by atoms with van der Waals surface area (Å²) in [6, 6.07) is -1.76. The minimum absolute atomic E-state index is 0.129. The Hall–Kier alpha value is -2.48. The lowest BCUT2D eigenvalue weighted by Gasteiger charge is -2.31. The monoisotopic (exact) mass is 425 g/mol. The molecule has 1 aliphatic heterocycles. The zero-order valence-corrected chi connectivity index (χ0v) is 19.3. The van der Waals surface area contributed by atoms with Crippen LogP contribution in [0.1, 0.15) is 74.7 Å². The third-order valence-electron chi connectivity index (χ3n) is 4.16. The van der Waals surface area contributed by atoms with Crippen LogP contribution in [0.25, 0.3) is 10.4 Å². The number of hydrogen-bond acceptors (Lipinski definition) is 6. The average molecular weight is 426 g/mol. The number of esters is 1. The number of amides is 2. The van der Waals surface area contributed by atoms with E-state index >= 15 is 0 Å². The number of azide groups is 1. The quantitative estimate of drug-likeness (QED) is 0.298. The van der Waals surface area contributed by atoms with E-state index in [9.17, 15) is 14.4 Å². The normalized spacial score (nSPS) is 20.4. The molecule has 1 N–H and O–H groups in total. The van der Waals surface area contributed by atoms with Gasteiger partial charge in [0.2, 0.25) is 5.91 Å². The zero-order chi connectivity index (χ0) is 23.3. The van der Waals surface area contributed by atoms with Crippen molar-refractivity contribution in [1.82, 2.24) is 10.2 Å². The zero-order valence-electron chi connectivity index (χ0n) is 19.3. The van der Waals surface area contributed by atoms with Crippen LogP contribution in [0.2, 0.25) is 0 Å². The van der Waals surface area contributed by atoms with Crippen LogP contribution in [0.4, 0.5) is 4.79 Å². The lowest BCUT2D eigenvalue weighted by molar-refractivity contribution is -0.159. The molecule has 1 aliphatic rings. The highest BCUT2D eigenvalue weighted by Gasteiger charge is 2.43. The summed E-state index contributed by atoms with van der Waals surface area (Å²) in [6.45, 7) is 14.3. The van der Waals surface area contributed by atoms with Crippen molar-refractivity contribution in [2.75, 3.05) is 0 Å². The molecule has 1 heterocycles. The van der Waals surface area contributed by atoms with Gasteiger partial charge in [-0.25, -0.2) is 9.59 Å². The van der Waals surface area contributed by atoms with Crippen molar-refractivity contribution in [2.24, 2.45) is 11.0 Å². The largest absolute Gasteiger partial charge is 0.458 e. The summed E-state index contributed by atoms with van der Waals surface area (Å²) in [5, 5.41) is 6.36. The van der Waals surface area contributed by atoms with Gasteiger partial charge in [-0.05, 0) is 72.3 Å². The summed E-state index contributed by atoms with van der Waals surface area (Å²) in [5.74, 6) is -0.907. The van der Waals surface area contributed by atoms with Gasteiger partial charge in [0.25, 0.3) is 0 Å². The second-order valence-electron chi connectivity index (χ2n) is 9.89. The molecular weight excluding hydrogens is 390 g/mol. The highest BCUT2D eigenvalue weighted by molar-refractivity contribution is 5.90. The molecule has 0 unspecified atom stereocenters. The standard InChI is InChI=1S/C20H35N5O5/c1-12(2)11-13(17(27)29-19(3,4)5)22-16(26)14-9-10-15(23-24-21)25(14)18(28)30-20(6,7)8/h12-15H,9-11H2,1-8H3,(H,22,26)/t13-,14-,15+/m0/s1. The molecule has 2 amide bonds.